The summed E-state index contributed by atoms with van der Waals surface area (Å²) in [7, 11) is 0. The standard InChI is InChI=1S/C16H34N2O3/c1-4-15(9-10-17)7-8-16(19)18(11-13-20-5-2)12-14-21-6-3/h15H,4-14,17H2,1-3H3. The van der Waals surface area contributed by atoms with Gasteiger partial charge in [0, 0.05) is 32.7 Å². The SMILES string of the molecule is CCOCCN(CCOCC)C(=O)CCC(CC)CCN. The van der Waals surface area contributed by atoms with Gasteiger partial charge in [-0.2, -0.15) is 0 Å². The molecule has 0 bridgehead atoms. The van der Waals surface area contributed by atoms with Crippen LogP contribution in [0.15, 0.2) is 0 Å². The van der Waals surface area contributed by atoms with Crippen molar-refractivity contribution in [3.63, 3.8) is 0 Å². The van der Waals surface area contributed by atoms with E-state index in [-0.39, 0.29) is 5.91 Å². The maximum atomic E-state index is 12.3. The third-order valence-electron chi connectivity index (χ3n) is 3.69. The average molecular weight is 302 g/mol. The fourth-order valence-corrected chi connectivity index (χ4v) is 2.27. The van der Waals surface area contributed by atoms with Gasteiger partial charge >= 0.3 is 0 Å². The van der Waals surface area contributed by atoms with Crippen LogP contribution in [0.2, 0.25) is 0 Å². The van der Waals surface area contributed by atoms with Crippen molar-refractivity contribution in [1.29, 1.82) is 0 Å². The lowest BCUT2D eigenvalue weighted by atomic mass is 9.96. The van der Waals surface area contributed by atoms with E-state index >= 15 is 0 Å². The summed E-state index contributed by atoms with van der Waals surface area (Å²) in [6.07, 6.45) is 3.60. The number of carbonyl (C=O) groups is 1. The molecule has 0 saturated heterocycles. The smallest absolute Gasteiger partial charge is 0.222 e. The number of carbonyl (C=O) groups excluding carboxylic acids is 1. The normalized spacial score (nSPS) is 12.4. The van der Waals surface area contributed by atoms with Crippen LogP contribution in [0.5, 0.6) is 0 Å². The summed E-state index contributed by atoms with van der Waals surface area (Å²) < 4.78 is 10.7. The summed E-state index contributed by atoms with van der Waals surface area (Å²) in [5, 5.41) is 0. The molecule has 0 aliphatic heterocycles. The molecule has 5 heteroatoms. The van der Waals surface area contributed by atoms with Crippen molar-refractivity contribution in [2.75, 3.05) is 46.1 Å². The lowest BCUT2D eigenvalue weighted by molar-refractivity contribution is -0.133. The molecule has 1 atom stereocenters. The van der Waals surface area contributed by atoms with Gasteiger partial charge < -0.3 is 20.1 Å². The predicted octanol–water partition coefficient (Wildman–Crippen LogP) is 2.04. The molecular formula is C16H34N2O3. The molecule has 5 nitrogen and oxygen atoms in total. The molecule has 0 heterocycles. The first kappa shape index (κ1) is 20.3. The second-order valence-electron chi connectivity index (χ2n) is 5.16. The molecule has 126 valence electrons. The van der Waals surface area contributed by atoms with Gasteiger partial charge in [-0.15, -0.1) is 0 Å². The van der Waals surface area contributed by atoms with Crippen molar-refractivity contribution in [3.8, 4) is 0 Å². The molecule has 0 rings (SSSR count). The first-order chi connectivity index (χ1) is 10.2. The molecule has 0 aromatic carbocycles. The Labute approximate surface area is 130 Å². The van der Waals surface area contributed by atoms with Crippen molar-refractivity contribution in [2.45, 2.75) is 46.5 Å². The van der Waals surface area contributed by atoms with E-state index in [4.69, 9.17) is 15.2 Å². The van der Waals surface area contributed by atoms with E-state index in [1.807, 2.05) is 18.7 Å². The maximum absolute atomic E-state index is 12.3. The van der Waals surface area contributed by atoms with Crippen molar-refractivity contribution < 1.29 is 14.3 Å². The van der Waals surface area contributed by atoms with E-state index < -0.39 is 0 Å². The molecule has 0 saturated carbocycles. The average Bonchev–Trinajstić information content (AvgIpc) is 2.49. The van der Waals surface area contributed by atoms with Gasteiger partial charge in [-0.1, -0.05) is 13.3 Å². The van der Waals surface area contributed by atoms with Gasteiger partial charge in [0.2, 0.25) is 5.91 Å². The van der Waals surface area contributed by atoms with Crippen LogP contribution in [0.3, 0.4) is 0 Å². The van der Waals surface area contributed by atoms with Gasteiger partial charge in [0.15, 0.2) is 0 Å². The molecule has 0 radical (unpaired) electrons. The Morgan fingerprint density at radius 3 is 2.05 bits per heavy atom. The Hall–Kier alpha value is -0.650. The van der Waals surface area contributed by atoms with E-state index in [0.29, 0.717) is 58.4 Å². The molecule has 0 aliphatic rings. The molecule has 0 aliphatic carbocycles. The third kappa shape index (κ3) is 10.7. The van der Waals surface area contributed by atoms with Crippen LogP contribution in [0, 0.1) is 5.92 Å². The van der Waals surface area contributed by atoms with Crippen LogP contribution in [0.4, 0.5) is 0 Å². The first-order valence-corrected chi connectivity index (χ1v) is 8.32. The molecule has 0 fully saturated rings. The topological polar surface area (TPSA) is 64.8 Å². The second kappa shape index (κ2) is 14.3. The van der Waals surface area contributed by atoms with E-state index in [1.165, 1.54) is 0 Å². The summed E-state index contributed by atoms with van der Waals surface area (Å²) in [6, 6.07) is 0. The summed E-state index contributed by atoms with van der Waals surface area (Å²) in [5.41, 5.74) is 5.60. The van der Waals surface area contributed by atoms with Gasteiger partial charge in [-0.3, -0.25) is 4.79 Å². The van der Waals surface area contributed by atoms with Gasteiger partial charge in [-0.05, 0) is 39.2 Å². The van der Waals surface area contributed by atoms with Crippen LogP contribution < -0.4 is 5.73 Å². The quantitative estimate of drug-likeness (QED) is 0.499. The molecule has 0 aromatic rings. The number of nitrogens with two attached hydrogens (primary N) is 1. The van der Waals surface area contributed by atoms with Crippen LogP contribution in [0.1, 0.15) is 46.5 Å². The molecule has 0 spiro atoms. The van der Waals surface area contributed by atoms with Crippen LogP contribution in [0.25, 0.3) is 0 Å². The Bertz CT molecular complexity index is 240. The number of hydrogen-bond acceptors (Lipinski definition) is 4. The minimum Gasteiger partial charge on any atom is -0.380 e. The molecule has 0 aromatic heterocycles. The lowest BCUT2D eigenvalue weighted by Crippen LogP contribution is -2.37. The Balaban J connectivity index is 4.19. The molecule has 1 amide bonds. The minimum atomic E-state index is 0.199. The van der Waals surface area contributed by atoms with Crippen molar-refractivity contribution >= 4 is 5.91 Å². The number of hydrogen-bond donors (Lipinski definition) is 1. The predicted molar refractivity (Wildman–Crippen MR) is 86.3 cm³/mol. The Morgan fingerprint density at radius 2 is 1.62 bits per heavy atom. The highest BCUT2D eigenvalue weighted by Crippen LogP contribution is 2.15. The first-order valence-electron chi connectivity index (χ1n) is 8.32. The van der Waals surface area contributed by atoms with Crippen molar-refractivity contribution in [1.82, 2.24) is 4.90 Å². The van der Waals surface area contributed by atoms with Gasteiger partial charge in [-0.25, -0.2) is 0 Å². The Morgan fingerprint density at radius 1 is 1.05 bits per heavy atom. The van der Waals surface area contributed by atoms with E-state index in [2.05, 4.69) is 6.92 Å². The Kier molecular flexibility index (Phi) is 13.9. The van der Waals surface area contributed by atoms with E-state index in [9.17, 15) is 4.79 Å². The molecule has 2 N–H and O–H groups in total. The monoisotopic (exact) mass is 302 g/mol. The zero-order valence-electron chi connectivity index (χ0n) is 14.1. The zero-order chi connectivity index (χ0) is 15.9. The van der Waals surface area contributed by atoms with Gasteiger partial charge in [0.05, 0.1) is 13.2 Å². The van der Waals surface area contributed by atoms with Crippen molar-refractivity contribution in [2.24, 2.45) is 11.7 Å². The number of amides is 1. The summed E-state index contributed by atoms with van der Waals surface area (Å²) in [6.45, 7) is 10.6. The summed E-state index contributed by atoms with van der Waals surface area (Å²) in [4.78, 5) is 14.2. The van der Waals surface area contributed by atoms with Crippen LogP contribution >= 0.6 is 0 Å². The highest BCUT2D eigenvalue weighted by molar-refractivity contribution is 5.76. The number of rotatable bonds is 14. The molecular weight excluding hydrogens is 268 g/mol. The fraction of sp³-hybridized carbons (Fsp3) is 0.938. The minimum absolute atomic E-state index is 0.199. The largest absolute Gasteiger partial charge is 0.380 e. The van der Waals surface area contributed by atoms with Gasteiger partial charge in [0.25, 0.3) is 0 Å². The van der Waals surface area contributed by atoms with E-state index in [1.54, 1.807) is 0 Å². The highest BCUT2D eigenvalue weighted by atomic mass is 16.5. The fourth-order valence-electron chi connectivity index (χ4n) is 2.27. The zero-order valence-corrected chi connectivity index (χ0v) is 14.1. The lowest BCUT2D eigenvalue weighted by Gasteiger charge is -2.23. The summed E-state index contributed by atoms with van der Waals surface area (Å²) >= 11 is 0. The van der Waals surface area contributed by atoms with Crippen molar-refractivity contribution in [3.05, 3.63) is 0 Å². The van der Waals surface area contributed by atoms with Crippen LogP contribution in [-0.4, -0.2) is 56.9 Å². The second-order valence-corrected chi connectivity index (χ2v) is 5.16. The number of ether oxygens (including phenoxy) is 2. The number of nitrogens with zero attached hydrogens (tertiary/aromatic N) is 1. The third-order valence-corrected chi connectivity index (χ3v) is 3.69. The highest BCUT2D eigenvalue weighted by Gasteiger charge is 2.15. The molecule has 21 heavy (non-hydrogen) atoms. The molecule has 1 unspecified atom stereocenters. The van der Waals surface area contributed by atoms with E-state index in [0.717, 1.165) is 19.3 Å². The van der Waals surface area contributed by atoms with Gasteiger partial charge in [0.1, 0.15) is 0 Å². The summed E-state index contributed by atoms with van der Waals surface area (Å²) in [5.74, 6) is 0.754. The maximum Gasteiger partial charge on any atom is 0.222 e. The van der Waals surface area contributed by atoms with Crippen LogP contribution in [-0.2, 0) is 14.3 Å².